The molecule has 0 aliphatic heterocycles. The maximum absolute atomic E-state index is 10.6. The van der Waals surface area contributed by atoms with Crippen LogP contribution in [-0.4, -0.2) is 22.4 Å². The van der Waals surface area contributed by atoms with Crippen molar-refractivity contribution in [2.45, 2.75) is 31.9 Å². The number of hydrogen-bond donors (Lipinski definition) is 2. The minimum Gasteiger partial charge on any atom is -0.370 e. The first-order chi connectivity index (χ1) is 5.83. The molecule has 0 heterocycles. The van der Waals surface area contributed by atoms with Crippen molar-refractivity contribution in [2.24, 2.45) is 5.73 Å². The van der Waals surface area contributed by atoms with E-state index in [0.717, 1.165) is 0 Å². The van der Waals surface area contributed by atoms with Crippen LogP contribution in [-0.2, 0) is 9.59 Å². The molecule has 0 saturated heterocycles. The van der Waals surface area contributed by atoms with Gasteiger partial charge in [-0.05, 0) is 0 Å². The summed E-state index contributed by atoms with van der Waals surface area (Å²) >= 11 is 1.50. The summed E-state index contributed by atoms with van der Waals surface area (Å²) in [5, 5.41) is 2.65. The predicted molar refractivity (Wildman–Crippen MR) is 54.2 cm³/mol. The molecule has 2 amide bonds. The molecule has 0 fully saturated rings. The molecular weight excluding hydrogens is 188 g/mol. The fraction of sp³-hybridized carbons (Fsp3) is 0.750. The van der Waals surface area contributed by atoms with E-state index in [0.29, 0.717) is 12.3 Å². The minimum absolute atomic E-state index is 0.0672. The summed E-state index contributed by atoms with van der Waals surface area (Å²) in [6.07, 6.45) is 0.317. The average molecular weight is 204 g/mol. The summed E-state index contributed by atoms with van der Waals surface area (Å²) in [4.78, 5) is 21.2. The molecule has 0 aromatic carbocycles. The van der Waals surface area contributed by atoms with Gasteiger partial charge in [-0.25, -0.2) is 0 Å². The molecule has 0 saturated carbocycles. The van der Waals surface area contributed by atoms with Gasteiger partial charge in [0.25, 0.3) is 0 Å². The zero-order chi connectivity index (χ0) is 10.5. The second-order valence-electron chi connectivity index (χ2n) is 3.42. The number of nitrogens with one attached hydrogen (secondary N) is 1. The van der Waals surface area contributed by atoms with Gasteiger partial charge >= 0.3 is 0 Å². The van der Waals surface area contributed by atoms with E-state index < -0.39 is 0 Å². The third-order valence-corrected chi connectivity index (χ3v) is 2.60. The van der Waals surface area contributed by atoms with Crippen LogP contribution in [0.3, 0.4) is 0 Å². The van der Waals surface area contributed by atoms with Gasteiger partial charge in [0.15, 0.2) is 0 Å². The molecule has 0 aromatic rings. The molecule has 0 unspecified atom stereocenters. The first kappa shape index (κ1) is 12.3. The number of carbonyl (C=O) groups excluding carboxylic acids is 2. The van der Waals surface area contributed by atoms with Crippen LogP contribution < -0.4 is 11.1 Å². The van der Waals surface area contributed by atoms with Crippen molar-refractivity contribution in [3.63, 3.8) is 0 Å². The first-order valence-electron chi connectivity index (χ1n) is 4.00. The monoisotopic (exact) mass is 204 g/mol. The molecule has 0 rings (SSSR count). The Bertz CT molecular complexity index is 204. The molecule has 13 heavy (non-hydrogen) atoms. The Kier molecular flexibility index (Phi) is 4.83. The van der Waals surface area contributed by atoms with Crippen molar-refractivity contribution in [1.29, 1.82) is 0 Å². The molecular formula is C8H16N2O2S. The van der Waals surface area contributed by atoms with Crippen LogP contribution >= 0.6 is 11.8 Å². The Morgan fingerprint density at radius 3 is 2.38 bits per heavy atom. The largest absolute Gasteiger partial charge is 0.370 e. The molecule has 0 aliphatic rings. The molecule has 5 heteroatoms. The Hall–Kier alpha value is -0.710. The quantitative estimate of drug-likeness (QED) is 0.639. The summed E-state index contributed by atoms with van der Waals surface area (Å²) < 4.78 is -0.214. The number of primary amides is 1. The summed E-state index contributed by atoms with van der Waals surface area (Å²) in [5.41, 5.74) is 5.07. The second kappa shape index (κ2) is 5.11. The number of hydrogen-bond acceptors (Lipinski definition) is 3. The summed E-state index contributed by atoms with van der Waals surface area (Å²) in [5.74, 6) is 0.123. The van der Waals surface area contributed by atoms with Crippen LogP contribution in [0.15, 0.2) is 0 Å². The van der Waals surface area contributed by atoms with Gasteiger partial charge in [0.05, 0.1) is 5.88 Å². The highest BCUT2D eigenvalue weighted by molar-refractivity contribution is 8.00. The Labute approximate surface area is 82.6 Å². The highest BCUT2D eigenvalue weighted by Crippen LogP contribution is 2.26. The molecule has 3 N–H and O–H groups in total. The van der Waals surface area contributed by atoms with E-state index in [1.54, 1.807) is 0 Å². The number of thioether (sulfide) groups is 1. The summed E-state index contributed by atoms with van der Waals surface area (Å²) in [6, 6.07) is 0. The van der Waals surface area contributed by atoms with Gasteiger partial charge in [-0.15, -0.1) is 11.8 Å². The van der Waals surface area contributed by atoms with Gasteiger partial charge in [0.2, 0.25) is 11.8 Å². The number of amides is 2. The van der Waals surface area contributed by atoms with E-state index >= 15 is 0 Å². The Balaban J connectivity index is 3.75. The van der Waals surface area contributed by atoms with Gasteiger partial charge in [-0.3, -0.25) is 9.59 Å². The molecule has 0 aromatic heterocycles. The predicted octanol–water partition coefficient (Wildman–Crippen LogP) is 0.467. The van der Waals surface area contributed by atoms with Gasteiger partial charge in [-0.1, -0.05) is 13.8 Å². The van der Waals surface area contributed by atoms with Crippen molar-refractivity contribution < 1.29 is 9.59 Å². The topological polar surface area (TPSA) is 72.2 Å². The summed E-state index contributed by atoms with van der Waals surface area (Å²) in [7, 11) is 0. The van der Waals surface area contributed by atoms with E-state index in [1.807, 2.05) is 13.8 Å². The zero-order valence-corrected chi connectivity index (χ0v) is 9.03. The molecule has 0 spiro atoms. The van der Waals surface area contributed by atoms with Crippen molar-refractivity contribution in [3.8, 4) is 0 Å². The lowest BCUT2D eigenvalue weighted by atomic mass is 10.1. The SMILES string of the molecule is CC(=O)NCSC(C)(C)CC(N)=O. The molecule has 76 valence electrons. The fourth-order valence-corrected chi connectivity index (χ4v) is 1.71. The van der Waals surface area contributed by atoms with E-state index in [4.69, 9.17) is 5.73 Å². The Morgan fingerprint density at radius 2 is 2.00 bits per heavy atom. The lowest BCUT2D eigenvalue weighted by molar-refractivity contribution is -0.119. The van der Waals surface area contributed by atoms with E-state index in [2.05, 4.69) is 5.32 Å². The second-order valence-corrected chi connectivity index (χ2v) is 5.11. The maximum atomic E-state index is 10.6. The van der Waals surface area contributed by atoms with Crippen LogP contribution in [0.1, 0.15) is 27.2 Å². The van der Waals surface area contributed by atoms with E-state index in [1.165, 1.54) is 18.7 Å². The van der Waals surface area contributed by atoms with E-state index in [-0.39, 0.29) is 16.6 Å². The third kappa shape index (κ3) is 7.64. The van der Waals surface area contributed by atoms with Crippen LogP contribution in [0, 0.1) is 0 Å². The van der Waals surface area contributed by atoms with E-state index in [9.17, 15) is 9.59 Å². The van der Waals surface area contributed by atoms with Crippen molar-refractivity contribution >= 4 is 23.6 Å². The standard InChI is InChI=1S/C8H16N2O2S/c1-6(11)10-5-13-8(2,3)4-7(9)12/h4-5H2,1-3H3,(H2,9,12)(H,10,11). The van der Waals surface area contributed by atoms with Gasteiger partial charge in [0.1, 0.15) is 0 Å². The lowest BCUT2D eigenvalue weighted by Crippen LogP contribution is -2.28. The third-order valence-electron chi connectivity index (χ3n) is 1.38. The molecule has 0 aliphatic carbocycles. The normalized spacial score (nSPS) is 11.0. The highest BCUT2D eigenvalue weighted by atomic mass is 32.2. The minimum atomic E-state index is -0.319. The zero-order valence-electron chi connectivity index (χ0n) is 8.22. The average Bonchev–Trinajstić information content (AvgIpc) is 1.81. The van der Waals surface area contributed by atoms with Gasteiger partial charge in [0, 0.05) is 18.1 Å². The highest BCUT2D eigenvalue weighted by Gasteiger charge is 2.20. The van der Waals surface area contributed by atoms with Crippen LogP contribution in [0.25, 0.3) is 0 Å². The molecule has 0 atom stereocenters. The molecule has 0 bridgehead atoms. The van der Waals surface area contributed by atoms with Gasteiger partial charge < -0.3 is 11.1 Å². The number of nitrogens with two attached hydrogens (primary N) is 1. The Morgan fingerprint density at radius 1 is 1.46 bits per heavy atom. The van der Waals surface area contributed by atoms with Crippen molar-refractivity contribution in [1.82, 2.24) is 5.32 Å². The first-order valence-corrected chi connectivity index (χ1v) is 4.99. The molecule has 4 nitrogen and oxygen atoms in total. The van der Waals surface area contributed by atoms with Crippen molar-refractivity contribution in [2.75, 3.05) is 5.88 Å². The fourth-order valence-electron chi connectivity index (χ4n) is 0.804. The lowest BCUT2D eigenvalue weighted by Gasteiger charge is -2.21. The molecule has 0 radical (unpaired) electrons. The number of rotatable bonds is 5. The van der Waals surface area contributed by atoms with Crippen LogP contribution in [0.5, 0.6) is 0 Å². The van der Waals surface area contributed by atoms with Gasteiger partial charge in [-0.2, -0.15) is 0 Å². The smallest absolute Gasteiger partial charge is 0.218 e. The van der Waals surface area contributed by atoms with Crippen LogP contribution in [0.2, 0.25) is 0 Å². The summed E-state index contributed by atoms with van der Waals surface area (Å²) in [6.45, 7) is 5.30. The number of carbonyl (C=O) groups is 2. The maximum Gasteiger partial charge on any atom is 0.218 e. The van der Waals surface area contributed by atoms with Crippen molar-refractivity contribution in [3.05, 3.63) is 0 Å². The van der Waals surface area contributed by atoms with Crippen LogP contribution in [0.4, 0.5) is 0 Å².